The standard InChI is InChI=1S/C24H21N5O2/c1-14-6-4-9-21(26-14)28(2)20-8-5-7-17-22(27-29(3)23(17)20)15-12-18-16(24(30)31)10-11-25-19(18)13-15/h4-11,13H,12H2,1-3H3,(H,30,31). The average Bonchev–Trinajstić information content (AvgIpc) is 3.34. The van der Waals surface area contributed by atoms with Crippen LogP contribution in [0.5, 0.6) is 0 Å². The number of hydrogen-bond acceptors (Lipinski definition) is 5. The highest BCUT2D eigenvalue weighted by molar-refractivity contribution is 6.04. The van der Waals surface area contributed by atoms with Crippen LogP contribution in [0, 0.1) is 6.92 Å². The number of aromatic carboxylic acids is 1. The molecule has 1 N–H and O–H groups in total. The number of carboxylic acids is 1. The van der Waals surface area contributed by atoms with E-state index in [-0.39, 0.29) is 0 Å². The zero-order chi connectivity index (χ0) is 21.7. The number of carbonyl (C=O) groups is 1. The van der Waals surface area contributed by atoms with Crippen molar-refractivity contribution in [3.05, 3.63) is 76.9 Å². The predicted octanol–water partition coefficient (Wildman–Crippen LogP) is 4.23. The molecule has 0 saturated carbocycles. The first-order valence-corrected chi connectivity index (χ1v) is 9.99. The van der Waals surface area contributed by atoms with Crippen molar-refractivity contribution in [1.29, 1.82) is 0 Å². The third-order valence-corrected chi connectivity index (χ3v) is 5.72. The van der Waals surface area contributed by atoms with Gasteiger partial charge in [0.05, 0.1) is 28.2 Å². The first kappa shape index (κ1) is 19.0. The van der Waals surface area contributed by atoms with Crippen molar-refractivity contribution < 1.29 is 9.90 Å². The second-order valence-electron chi connectivity index (χ2n) is 7.72. The van der Waals surface area contributed by atoms with Crippen LogP contribution in [0.3, 0.4) is 0 Å². The fraction of sp³-hybridized carbons (Fsp3) is 0.167. The predicted molar refractivity (Wildman–Crippen MR) is 121 cm³/mol. The van der Waals surface area contributed by atoms with Crippen LogP contribution in [-0.2, 0) is 13.5 Å². The summed E-state index contributed by atoms with van der Waals surface area (Å²) in [6.45, 7) is 1.98. The van der Waals surface area contributed by atoms with Gasteiger partial charge in [-0.2, -0.15) is 5.10 Å². The fourth-order valence-corrected chi connectivity index (χ4v) is 4.24. The van der Waals surface area contributed by atoms with Crippen LogP contribution in [0.1, 0.15) is 33.0 Å². The molecular weight excluding hydrogens is 390 g/mol. The summed E-state index contributed by atoms with van der Waals surface area (Å²) in [5.41, 5.74) is 6.49. The lowest BCUT2D eigenvalue weighted by atomic mass is 10.0. The van der Waals surface area contributed by atoms with Crippen LogP contribution in [0.4, 0.5) is 11.5 Å². The van der Waals surface area contributed by atoms with E-state index in [4.69, 9.17) is 5.10 Å². The number of pyridine rings is 2. The highest BCUT2D eigenvalue weighted by Crippen LogP contribution is 2.38. The van der Waals surface area contributed by atoms with E-state index in [9.17, 15) is 9.90 Å². The summed E-state index contributed by atoms with van der Waals surface area (Å²) < 4.78 is 1.88. The number of nitrogens with zero attached hydrogens (tertiary/aromatic N) is 5. The third-order valence-electron chi connectivity index (χ3n) is 5.72. The first-order valence-electron chi connectivity index (χ1n) is 9.99. The van der Waals surface area contributed by atoms with Crippen LogP contribution in [0.15, 0.2) is 48.7 Å². The van der Waals surface area contributed by atoms with Gasteiger partial charge in [-0.1, -0.05) is 18.2 Å². The number of benzene rings is 1. The monoisotopic (exact) mass is 411 g/mol. The van der Waals surface area contributed by atoms with Gasteiger partial charge < -0.3 is 10.0 Å². The van der Waals surface area contributed by atoms with Gasteiger partial charge in [-0.15, -0.1) is 0 Å². The summed E-state index contributed by atoms with van der Waals surface area (Å²) in [5, 5.41) is 15.3. The average molecular weight is 411 g/mol. The van der Waals surface area contributed by atoms with Gasteiger partial charge >= 0.3 is 5.97 Å². The van der Waals surface area contributed by atoms with Crippen LogP contribution < -0.4 is 4.90 Å². The van der Waals surface area contributed by atoms with Gasteiger partial charge in [-0.3, -0.25) is 9.67 Å². The molecule has 0 saturated heterocycles. The van der Waals surface area contributed by atoms with Crippen LogP contribution in [-0.4, -0.2) is 37.9 Å². The number of anilines is 2. The van der Waals surface area contributed by atoms with Crippen LogP contribution >= 0.6 is 0 Å². The number of rotatable bonds is 4. The van der Waals surface area contributed by atoms with Crippen molar-refractivity contribution in [2.75, 3.05) is 11.9 Å². The summed E-state index contributed by atoms with van der Waals surface area (Å²) in [6.07, 6.45) is 3.98. The van der Waals surface area contributed by atoms with Gasteiger partial charge in [0.1, 0.15) is 5.82 Å². The second kappa shape index (κ2) is 7.05. The minimum atomic E-state index is -0.936. The largest absolute Gasteiger partial charge is 0.478 e. The Morgan fingerprint density at radius 3 is 2.74 bits per heavy atom. The van der Waals surface area contributed by atoms with Crippen molar-refractivity contribution >= 4 is 40.0 Å². The third kappa shape index (κ3) is 3.06. The molecule has 1 aliphatic carbocycles. The van der Waals surface area contributed by atoms with Gasteiger partial charge in [-0.05, 0) is 48.4 Å². The molecule has 154 valence electrons. The maximum Gasteiger partial charge on any atom is 0.336 e. The second-order valence-corrected chi connectivity index (χ2v) is 7.72. The molecule has 0 radical (unpaired) electrons. The molecule has 0 amide bonds. The number of hydrogen-bond donors (Lipinski definition) is 1. The Morgan fingerprint density at radius 2 is 1.97 bits per heavy atom. The molecule has 0 aliphatic heterocycles. The van der Waals surface area contributed by atoms with Crippen LogP contribution in [0.25, 0.3) is 22.6 Å². The molecule has 4 aromatic rings. The minimum absolute atomic E-state index is 0.294. The summed E-state index contributed by atoms with van der Waals surface area (Å²) in [5.74, 6) is -0.0771. The molecule has 0 fully saturated rings. The van der Waals surface area contributed by atoms with E-state index in [0.717, 1.165) is 44.9 Å². The highest BCUT2D eigenvalue weighted by atomic mass is 16.4. The van der Waals surface area contributed by atoms with Crippen molar-refractivity contribution in [3.8, 4) is 0 Å². The molecule has 0 bridgehead atoms. The molecule has 31 heavy (non-hydrogen) atoms. The van der Waals surface area contributed by atoms with E-state index in [2.05, 4.69) is 20.9 Å². The van der Waals surface area contributed by atoms with Crippen molar-refractivity contribution in [2.24, 2.45) is 7.05 Å². The van der Waals surface area contributed by atoms with Gasteiger partial charge in [0.15, 0.2) is 0 Å². The number of para-hydroxylation sites is 1. The summed E-state index contributed by atoms with van der Waals surface area (Å²) in [7, 11) is 3.92. The zero-order valence-corrected chi connectivity index (χ0v) is 17.5. The number of allylic oxidation sites excluding steroid dienone is 1. The fourth-order valence-electron chi connectivity index (χ4n) is 4.24. The normalized spacial score (nSPS) is 12.7. The van der Waals surface area contributed by atoms with E-state index in [1.54, 1.807) is 12.3 Å². The summed E-state index contributed by atoms with van der Waals surface area (Å²) in [4.78, 5) is 22.7. The number of carboxylic acid groups (broad SMARTS) is 1. The van der Waals surface area contributed by atoms with E-state index in [1.165, 1.54) is 0 Å². The molecule has 7 heteroatoms. The van der Waals surface area contributed by atoms with Gasteiger partial charge in [0, 0.05) is 37.8 Å². The van der Waals surface area contributed by atoms with Crippen molar-refractivity contribution in [2.45, 2.75) is 13.3 Å². The minimum Gasteiger partial charge on any atom is -0.478 e. The van der Waals surface area contributed by atoms with E-state index in [1.807, 2.05) is 62.1 Å². The molecule has 0 unspecified atom stereocenters. The van der Waals surface area contributed by atoms with Crippen LogP contribution in [0.2, 0.25) is 0 Å². The lowest BCUT2D eigenvalue weighted by Gasteiger charge is -2.20. The SMILES string of the molecule is Cc1cccc(N(C)c2cccc3c(C4=Cc5nccc(C(=O)O)c5C4)nn(C)c23)n1. The zero-order valence-electron chi connectivity index (χ0n) is 17.5. The number of aryl methyl sites for hydroxylation is 2. The molecule has 5 rings (SSSR count). The Hall–Kier alpha value is -4.00. The van der Waals surface area contributed by atoms with Crippen molar-refractivity contribution in [1.82, 2.24) is 19.7 Å². The topological polar surface area (TPSA) is 84.1 Å². The molecule has 0 spiro atoms. The van der Waals surface area contributed by atoms with E-state index < -0.39 is 5.97 Å². The smallest absolute Gasteiger partial charge is 0.336 e. The lowest BCUT2D eigenvalue weighted by molar-refractivity contribution is 0.0695. The van der Waals surface area contributed by atoms with Gasteiger partial charge in [0.25, 0.3) is 0 Å². The number of fused-ring (bicyclic) bond motifs is 2. The highest BCUT2D eigenvalue weighted by Gasteiger charge is 2.25. The summed E-state index contributed by atoms with van der Waals surface area (Å²) in [6, 6.07) is 13.6. The molecule has 1 aliphatic rings. The Balaban J connectivity index is 1.61. The van der Waals surface area contributed by atoms with E-state index >= 15 is 0 Å². The first-order chi connectivity index (χ1) is 14.9. The van der Waals surface area contributed by atoms with Gasteiger partial charge in [0.2, 0.25) is 0 Å². The molecular formula is C24H21N5O2. The Kier molecular flexibility index (Phi) is 4.32. The number of aromatic nitrogens is 4. The summed E-state index contributed by atoms with van der Waals surface area (Å²) >= 11 is 0. The Morgan fingerprint density at radius 1 is 1.16 bits per heavy atom. The maximum atomic E-state index is 11.6. The Labute approximate surface area is 179 Å². The lowest BCUT2D eigenvalue weighted by Crippen LogP contribution is -2.12. The van der Waals surface area contributed by atoms with Gasteiger partial charge in [-0.25, -0.2) is 9.78 Å². The molecule has 1 aromatic carbocycles. The Bertz CT molecular complexity index is 1390. The molecule has 3 aromatic heterocycles. The van der Waals surface area contributed by atoms with E-state index in [0.29, 0.717) is 17.7 Å². The maximum absolute atomic E-state index is 11.6. The molecule has 7 nitrogen and oxygen atoms in total. The molecule has 0 atom stereocenters. The quantitative estimate of drug-likeness (QED) is 0.541. The van der Waals surface area contributed by atoms with Crippen molar-refractivity contribution in [3.63, 3.8) is 0 Å². The molecule has 3 heterocycles.